The molecule has 1 aromatic carbocycles. The third-order valence-electron chi connectivity index (χ3n) is 3.24. The van der Waals surface area contributed by atoms with Gasteiger partial charge in [0, 0.05) is 18.8 Å². The molecule has 1 fully saturated rings. The average Bonchev–Trinajstić information content (AvgIpc) is 2.53. The Morgan fingerprint density at radius 3 is 2.40 bits per heavy atom. The van der Waals surface area contributed by atoms with Crippen LogP contribution in [0, 0.1) is 0 Å². The lowest BCUT2D eigenvalue weighted by atomic mass is 10.2. The standard InChI is InChI=1S/C12H18N2O4S2/c13-12-4-2-11(3-5-12)10-20(17,18)14-6-1-8-19(15,16)9-7-14/h2-5H,1,6-10,13H2. The van der Waals surface area contributed by atoms with Crippen molar-refractivity contribution in [1.82, 2.24) is 4.31 Å². The summed E-state index contributed by atoms with van der Waals surface area (Å²) in [6.07, 6.45) is 0.350. The van der Waals surface area contributed by atoms with E-state index in [1.54, 1.807) is 24.3 Å². The van der Waals surface area contributed by atoms with Crippen LogP contribution in [-0.4, -0.2) is 45.7 Å². The number of sulfone groups is 1. The van der Waals surface area contributed by atoms with Gasteiger partial charge in [-0.05, 0) is 24.1 Å². The van der Waals surface area contributed by atoms with Crippen molar-refractivity contribution in [1.29, 1.82) is 0 Å². The normalized spacial score (nSPS) is 20.4. The third kappa shape index (κ3) is 3.94. The second kappa shape index (κ2) is 5.71. The molecule has 0 spiro atoms. The van der Waals surface area contributed by atoms with Crippen molar-refractivity contribution in [2.24, 2.45) is 0 Å². The Morgan fingerprint density at radius 1 is 1.10 bits per heavy atom. The number of benzene rings is 1. The van der Waals surface area contributed by atoms with E-state index in [0.29, 0.717) is 17.7 Å². The fourth-order valence-electron chi connectivity index (χ4n) is 2.11. The summed E-state index contributed by atoms with van der Waals surface area (Å²) in [5.74, 6) is -0.178. The maximum Gasteiger partial charge on any atom is 0.218 e. The van der Waals surface area contributed by atoms with Crippen LogP contribution in [0.5, 0.6) is 0 Å². The van der Waals surface area contributed by atoms with Gasteiger partial charge in [-0.15, -0.1) is 0 Å². The van der Waals surface area contributed by atoms with Gasteiger partial charge >= 0.3 is 0 Å². The van der Waals surface area contributed by atoms with Gasteiger partial charge in [0.05, 0.1) is 17.3 Å². The lowest BCUT2D eigenvalue weighted by Gasteiger charge is -2.19. The minimum atomic E-state index is -3.49. The molecule has 1 saturated heterocycles. The summed E-state index contributed by atoms with van der Waals surface area (Å²) in [5, 5.41) is 0. The summed E-state index contributed by atoms with van der Waals surface area (Å²) in [5.41, 5.74) is 6.78. The molecule has 0 bridgehead atoms. The van der Waals surface area contributed by atoms with Gasteiger partial charge in [-0.25, -0.2) is 21.1 Å². The van der Waals surface area contributed by atoms with Gasteiger partial charge in [0.2, 0.25) is 10.0 Å². The second-order valence-corrected chi connectivity index (χ2v) is 9.17. The van der Waals surface area contributed by atoms with Gasteiger partial charge in [0.25, 0.3) is 0 Å². The predicted molar refractivity (Wildman–Crippen MR) is 78.3 cm³/mol. The Labute approximate surface area is 119 Å². The molecule has 0 radical (unpaired) electrons. The van der Waals surface area contributed by atoms with Gasteiger partial charge < -0.3 is 5.73 Å². The van der Waals surface area contributed by atoms with E-state index in [1.807, 2.05) is 0 Å². The minimum absolute atomic E-state index is 0.0413. The predicted octanol–water partition coefficient (Wildman–Crippen LogP) is 0.219. The number of nitrogen functional groups attached to an aromatic ring is 1. The molecule has 1 heterocycles. The van der Waals surface area contributed by atoms with Crippen molar-refractivity contribution in [2.45, 2.75) is 12.2 Å². The molecule has 2 rings (SSSR count). The molecule has 0 amide bonds. The number of rotatable bonds is 3. The number of nitrogens with two attached hydrogens (primary N) is 1. The van der Waals surface area contributed by atoms with Crippen LogP contribution in [0.15, 0.2) is 24.3 Å². The van der Waals surface area contributed by atoms with Gasteiger partial charge in [0.15, 0.2) is 9.84 Å². The summed E-state index contributed by atoms with van der Waals surface area (Å²) < 4.78 is 48.9. The van der Waals surface area contributed by atoms with E-state index < -0.39 is 19.9 Å². The monoisotopic (exact) mass is 318 g/mol. The summed E-state index contributed by atoms with van der Waals surface area (Å²) >= 11 is 0. The Bertz CT molecular complexity index is 666. The zero-order valence-electron chi connectivity index (χ0n) is 11.0. The maximum atomic E-state index is 12.3. The Kier molecular flexibility index (Phi) is 4.36. The molecule has 0 aliphatic carbocycles. The number of sulfonamides is 1. The average molecular weight is 318 g/mol. The SMILES string of the molecule is Nc1ccc(CS(=O)(=O)N2CCCS(=O)(=O)CC2)cc1. The van der Waals surface area contributed by atoms with E-state index in [-0.39, 0.29) is 30.3 Å². The molecule has 2 N–H and O–H groups in total. The molecular weight excluding hydrogens is 300 g/mol. The topological polar surface area (TPSA) is 97.5 Å². The lowest BCUT2D eigenvalue weighted by Crippen LogP contribution is -2.34. The summed E-state index contributed by atoms with van der Waals surface area (Å²) in [4.78, 5) is 0. The highest BCUT2D eigenvalue weighted by Gasteiger charge is 2.27. The Hall–Kier alpha value is -1.12. The molecule has 0 atom stereocenters. The van der Waals surface area contributed by atoms with E-state index in [9.17, 15) is 16.8 Å². The highest BCUT2D eigenvalue weighted by atomic mass is 32.2. The highest BCUT2D eigenvalue weighted by molar-refractivity contribution is 7.91. The zero-order valence-corrected chi connectivity index (χ0v) is 12.7. The second-order valence-electron chi connectivity index (χ2n) is 4.90. The van der Waals surface area contributed by atoms with Crippen LogP contribution in [0.25, 0.3) is 0 Å². The van der Waals surface area contributed by atoms with Crippen molar-refractivity contribution >= 4 is 25.5 Å². The molecule has 112 valence electrons. The van der Waals surface area contributed by atoms with Gasteiger partial charge in [-0.3, -0.25) is 0 Å². The van der Waals surface area contributed by atoms with Crippen LogP contribution in [0.3, 0.4) is 0 Å². The number of nitrogens with zero attached hydrogens (tertiary/aromatic N) is 1. The van der Waals surface area contributed by atoms with Crippen LogP contribution >= 0.6 is 0 Å². The van der Waals surface area contributed by atoms with E-state index in [1.165, 1.54) is 4.31 Å². The van der Waals surface area contributed by atoms with Gasteiger partial charge in [0.1, 0.15) is 0 Å². The largest absolute Gasteiger partial charge is 0.399 e. The van der Waals surface area contributed by atoms with Crippen molar-refractivity contribution in [3.05, 3.63) is 29.8 Å². The number of hydrogen-bond donors (Lipinski definition) is 1. The first-order valence-electron chi connectivity index (χ1n) is 6.31. The van der Waals surface area contributed by atoms with Crippen LogP contribution in [-0.2, 0) is 25.6 Å². The lowest BCUT2D eigenvalue weighted by molar-refractivity contribution is 0.434. The minimum Gasteiger partial charge on any atom is -0.399 e. The zero-order chi connectivity index (χ0) is 14.8. The molecule has 1 aliphatic heterocycles. The Balaban J connectivity index is 2.12. The van der Waals surface area contributed by atoms with Crippen LogP contribution in [0.4, 0.5) is 5.69 Å². The van der Waals surface area contributed by atoms with Crippen molar-refractivity contribution in [3.63, 3.8) is 0 Å². The first-order chi connectivity index (χ1) is 9.28. The molecule has 6 nitrogen and oxygen atoms in total. The molecule has 1 aliphatic rings. The van der Waals surface area contributed by atoms with E-state index in [2.05, 4.69) is 0 Å². The summed E-state index contributed by atoms with van der Waals surface area (Å²) in [6.45, 7) is 0.302. The maximum absolute atomic E-state index is 12.3. The van der Waals surface area contributed by atoms with Crippen molar-refractivity contribution in [3.8, 4) is 0 Å². The third-order valence-corrected chi connectivity index (χ3v) is 6.80. The quantitative estimate of drug-likeness (QED) is 0.804. The van der Waals surface area contributed by atoms with Crippen LogP contribution in [0.1, 0.15) is 12.0 Å². The van der Waals surface area contributed by atoms with Gasteiger partial charge in [-0.1, -0.05) is 12.1 Å². The Morgan fingerprint density at radius 2 is 1.75 bits per heavy atom. The number of anilines is 1. The molecule has 0 saturated carbocycles. The fourth-order valence-corrected chi connectivity index (χ4v) is 5.07. The first kappa shape index (κ1) is 15.3. The molecule has 8 heteroatoms. The fraction of sp³-hybridized carbons (Fsp3) is 0.500. The van der Waals surface area contributed by atoms with E-state index in [0.717, 1.165) is 0 Å². The molecule has 20 heavy (non-hydrogen) atoms. The van der Waals surface area contributed by atoms with Gasteiger partial charge in [-0.2, -0.15) is 0 Å². The molecular formula is C12H18N2O4S2. The molecule has 0 aromatic heterocycles. The summed E-state index contributed by atoms with van der Waals surface area (Å²) in [6, 6.07) is 6.64. The van der Waals surface area contributed by atoms with E-state index >= 15 is 0 Å². The van der Waals surface area contributed by atoms with Crippen LogP contribution < -0.4 is 5.73 Å². The van der Waals surface area contributed by atoms with Crippen molar-refractivity contribution in [2.75, 3.05) is 30.3 Å². The van der Waals surface area contributed by atoms with Crippen molar-refractivity contribution < 1.29 is 16.8 Å². The molecule has 0 unspecified atom stereocenters. The smallest absolute Gasteiger partial charge is 0.218 e. The molecule has 1 aromatic rings. The highest BCUT2D eigenvalue weighted by Crippen LogP contribution is 2.15. The number of hydrogen-bond acceptors (Lipinski definition) is 5. The summed E-state index contributed by atoms with van der Waals surface area (Å²) in [7, 11) is -6.61. The van der Waals surface area contributed by atoms with Crippen LogP contribution in [0.2, 0.25) is 0 Å². The van der Waals surface area contributed by atoms with E-state index in [4.69, 9.17) is 5.73 Å². The first-order valence-corrected chi connectivity index (χ1v) is 9.74.